The zero-order valence-electron chi connectivity index (χ0n) is 13.0. The number of carboxylic acids is 1. The van der Waals surface area contributed by atoms with Crippen molar-refractivity contribution in [3.63, 3.8) is 0 Å². The molecule has 1 unspecified atom stereocenters. The fourth-order valence-corrected chi connectivity index (χ4v) is 3.29. The summed E-state index contributed by atoms with van der Waals surface area (Å²) in [5.41, 5.74) is 0.193. The molecule has 2 saturated heterocycles. The number of halogens is 1. The van der Waals surface area contributed by atoms with Gasteiger partial charge in [0.2, 0.25) is 5.91 Å². The van der Waals surface area contributed by atoms with Crippen molar-refractivity contribution in [1.82, 2.24) is 14.8 Å². The number of aromatic nitrogens is 1. The molecule has 0 aliphatic carbocycles. The first kappa shape index (κ1) is 16.4. The Morgan fingerprint density at radius 1 is 1.25 bits per heavy atom. The van der Waals surface area contributed by atoms with E-state index in [1.165, 1.54) is 12.1 Å². The maximum atomic E-state index is 12.9. The van der Waals surface area contributed by atoms with Crippen LogP contribution in [-0.4, -0.2) is 63.4 Å². The van der Waals surface area contributed by atoms with E-state index >= 15 is 0 Å². The molecule has 2 aliphatic heterocycles. The van der Waals surface area contributed by atoms with Gasteiger partial charge in [0, 0.05) is 32.1 Å². The Hall–Kier alpha value is -2.51. The van der Waals surface area contributed by atoms with Gasteiger partial charge in [0.05, 0.1) is 12.1 Å². The number of piperidine rings is 1. The molecule has 1 aromatic rings. The Morgan fingerprint density at radius 3 is 2.50 bits per heavy atom. The van der Waals surface area contributed by atoms with E-state index in [9.17, 15) is 18.8 Å². The van der Waals surface area contributed by atoms with E-state index in [0.717, 1.165) is 6.20 Å². The summed E-state index contributed by atoms with van der Waals surface area (Å²) >= 11 is 0. The highest BCUT2D eigenvalue weighted by Crippen LogP contribution is 2.26. The molecule has 3 rings (SSSR count). The summed E-state index contributed by atoms with van der Waals surface area (Å²) in [4.78, 5) is 42.4. The molecule has 0 bridgehead atoms. The first-order chi connectivity index (χ1) is 11.5. The number of aliphatic carboxylic acids is 1. The van der Waals surface area contributed by atoms with Gasteiger partial charge in [-0.2, -0.15) is 0 Å². The maximum absolute atomic E-state index is 12.9. The van der Waals surface area contributed by atoms with Gasteiger partial charge in [0.25, 0.3) is 5.91 Å². The summed E-state index contributed by atoms with van der Waals surface area (Å²) in [5, 5.41) is 9.04. The van der Waals surface area contributed by atoms with E-state index in [1.807, 2.05) is 0 Å². The normalized spacial score (nSPS) is 22.0. The Labute approximate surface area is 138 Å². The fraction of sp³-hybridized carbons (Fsp3) is 0.500. The summed E-state index contributed by atoms with van der Waals surface area (Å²) in [5.74, 6) is -2.47. The largest absolute Gasteiger partial charge is 0.481 e. The molecule has 0 saturated carbocycles. The third kappa shape index (κ3) is 3.22. The van der Waals surface area contributed by atoms with Crippen LogP contribution in [0.5, 0.6) is 0 Å². The van der Waals surface area contributed by atoms with Crippen LogP contribution in [0, 0.1) is 11.7 Å². The minimum atomic E-state index is -0.944. The molecule has 1 atom stereocenters. The van der Waals surface area contributed by atoms with Crippen LogP contribution in [0.4, 0.5) is 4.39 Å². The predicted molar refractivity (Wildman–Crippen MR) is 80.6 cm³/mol. The Balaban J connectivity index is 1.58. The van der Waals surface area contributed by atoms with Crippen LogP contribution in [0.1, 0.15) is 29.8 Å². The van der Waals surface area contributed by atoms with Gasteiger partial charge in [0.15, 0.2) is 0 Å². The van der Waals surface area contributed by atoms with Gasteiger partial charge in [-0.25, -0.2) is 9.37 Å². The first-order valence-corrected chi connectivity index (χ1v) is 7.89. The molecule has 8 heteroatoms. The van der Waals surface area contributed by atoms with Gasteiger partial charge >= 0.3 is 5.97 Å². The van der Waals surface area contributed by atoms with Crippen LogP contribution < -0.4 is 0 Å². The third-order valence-electron chi connectivity index (χ3n) is 4.65. The van der Waals surface area contributed by atoms with Gasteiger partial charge in [-0.1, -0.05) is 0 Å². The van der Waals surface area contributed by atoms with Crippen LogP contribution in [0.15, 0.2) is 18.3 Å². The first-order valence-electron chi connectivity index (χ1n) is 7.89. The molecule has 1 N–H and O–H groups in total. The van der Waals surface area contributed by atoms with Crippen molar-refractivity contribution in [2.75, 3.05) is 19.6 Å². The van der Waals surface area contributed by atoms with Crippen molar-refractivity contribution < 1.29 is 23.9 Å². The number of carbonyl (C=O) groups excluding carboxylic acids is 2. The van der Waals surface area contributed by atoms with Crippen LogP contribution >= 0.6 is 0 Å². The van der Waals surface area contributed by atoms with E-state index < -0.39 is 17.7 Å². The number of pyridine rings is 1. The van der Waals surface area contributed by atoms with Crippen molar-refractivity contribution >= 4 is 17.8 Å². The molecular formula is C16H18FN3O4. The van der Waals surface area contributed by atoms with E-state index in [0.29, 0.717) is 25.9 Å². The second-order valence-electron chi connectivity index (χ2n) is 6.17. The smallest absolute Gasteiger partial charge is 0.308 e. The van der Waals surface area contributed by atoms with Gasteiger partial charge < -0.3 is 14.9 Å². The van der Waals surface area contributed by atoms with E-state index in [4.69, 9.17) is 5.11 Å². The highest BCUT2D eigenvalue weighted by Gasteiger charge is 2.39. The topological polar surface area (TPSA) is 90.8 Å². The molecule has 24 heavy (non-hydrogen) atoms. The molecule has 0 radical (unpaired) electrons. The molecule has 2 amide bonds. The summed E-state index contributed by atoms with van der Waals surface area (Å²) in [6, 6.07) is 2.51. The van der Waals surface area contributed by atoms with Gasteiger partial charge in [-0.05, 0) is 25.0 Å². The summed E-state index contributed by atoms with van der Waals surface area (Å²) in [6.07, 6.45) is 2.26. The van der Waals surface area contributed by atoms with Gasteiger partial charge in [-0.3, -0.25) is 14.4 Å². The Kier molecular flexibility index (Phi) is 4.46. The van der Waals surface area contributed by atoms with Crippen LogP contribution in [-0.2, 0) is 9.59 Å². The zero-order valence-corrected chi connectivity index (χ0v) is 13.0. The number of amides is 2. The average Bonchev–Trinajstić information content (AvgIpc) is 2.97. The lowest BCUT2D eigenvalue weighted by atomic mass is 10.0. The van der Waals surface area contributed by atoms with Crippen molar-refractivity contribution in [3.8, 4) is 0 Å². The lowest BCUT2D eigenvalue weighted by molar-refractivity contribution is -0.141. The van der Waals surface area contributed by atoms with Gasteiger partial charge in [0.1, 0.15) is 11.5 Å². The number of nitrogens with zero attached hydrogens (tertiary/aromatic N) is 3. The fourth-order valence-electron chi connectivity index (χ4n) is 3.29. The van der Waals surface area contributed by atoms with E-state index in [2.05, 4.69) is 4.98 Å². The standard InChI is InChI=1S/C16H18FN3O4/c17-11-1-2-13(18-8-11)15(22)19-5-3-12(4-6-19)20-9-10(16(23)24)7-14(20)21/h1-2,8,10,12H,3-7,9H2,(H,23,24). The number of carboxylic acid groups (broad SMARTS) is 1. The second kappa shape index (κ2) is 6.54. The second-order valence-corrected chi connectivity index (χ2v) is 6.17. The highest BCUT2D eigenvalue weighted by atomic mass is 19.1. The third-order valence-corrected chi connectivity index (χ3v) is 4.65. The van der Waals surface area contributed by atoms with Gasteiger partial charge in [-0.15, -0.1) is 0 Å². The van der Waals surface area contributed by atoms with Crippen molar-refractivity contribution in [2.45, 2.75) is 25.3 Å². The minimum Gasteiger partial charge on any atom is -0.481 e. The SMILES string of the molecule is O=C(O)C1CC(=O)N(C2CCN(C(=O)c3ccc(F)cn3)CC2)C1. The minimum absolute atomic E-state index is 0.0351. The Morgan fingerprint density at radius 2 is 1.96 bits per heavy atom. The van der Waals surface area contributed by atoms with Crippen LogP contribution in [0.3, 0.4) is 0 Å². The van der Waals surface area contributed by atoms with Crippen molar-refractivity contribution in [1.29, 1.82) is 0 Å². The molecule has 1 aromatic heterocycles. The molecule has 128 valence electrons. The van der Waals surface area contributed by atoms with E-state index in [-0.39, 0.29) is 36.5 Å². The van der Waals surface area contributed by atoms with Crippen LogP contribution in [0.25, 0.3) is 0 Å². The molecule has 7 nitrogen and oxygen atoms in total. The number of rotatable bonds is 3. The van der Waals surface area contributed by atoms with Crippen LogP contribution in [0.2, 0.25) is 0 Å². The summed E-state index contributed by atoms with van der Waals surface area (Å²) in [7, 11) is 0. The van der Waals surface area contributed by atoms with Crippen molar-refractivity contribution in [3.05, 3.63) is 29.8 Å². The molecule has 3 heterocycles. The predicted octanol–water partition coefficient (Wildman–Crippen LogP) is 0.758. The number of hydrogen-bond acceptors (Lipinski definition) is 4. The zero-order chi connectivity index (χ0) is 17.3. The lowest BCUT2D eigenvalue weighted by Gasteiger charge is -2.36. The number of carbonyl (C=O) groups is 3. The average molecular weight is 335 g/mol. The monoisotopic (exact) mass is 335 g/mol. The number of hydrogen-bond donors (Lipinski definition) is 1. The van der Waals surface area contributed by atoms with E-state index in [1.54, 1.807) is 9.80 Å². The molecule has 0 spiro atoms. The summed E-state index contributed by atoms with van der Waals surface area (Å²) < 4.78 is 12.9. The highest BCUT2D eigenvalue weighted by molar-refractivity contribution is 5.92. The quantitative estimate of drug-likeness (QED) is 0.880. The lowest BCUT2D eigenvalue weighted by Crippen LogP contribution is -2.47. The van der Waals surface area contributed by atoms with Crippen molar-refractivity contribution in [2.24, 2.45) is 5.92 Å². The molecule has 2 aliphatic rings. The summed E-state index contributed by atoms with van der Waals surface area (Å²) in [6.45, 7) is 1.17. The number of likely N-dealkylation sites (tertiary alicyclic amines) is 2. The Bertz CT molecular complexity index is 656. The maximum Gasteiger partial charge on any atom is 0.308 e. The molecule has 2 fully saturated rings. The molecular weight excluding hydrogens is 317 g/mol. The molecule has 0 aromatic carbocycles.